The van der Waals surface area contributed by atoms with Crippen LogP contribution in [0.1, 0.15) is 31.2 Å². The zero-order valence-electron chi connectivity index (χ0n) is 13.4. The summed E-state index contributed by atoms with van der Waals surface area (Å²) in [4.78, 5) is 18.2. The van der Waals surface area contributed by atoms with Crippen LogP contribution in [-0.2, 0) is 11.3 Å². The van der Waals surface area contributed by atoms with E-state index < -0.39 is 23.9 Å². The standard InChI is InChI=1S/C16H22F3N3O/c1-22(2)14-8-7-11(9-20-14)10-21-15(23)12-5-3-4-6-13(12)16(17,18)19/h7-9,12-13H,3-6,10H2,1-2H3,(H,21,23)/t12-,13+/m1/s1. The molecule has 1 N–H and O–H groups in total. The Balaban J connectivity index is 1.95. The van der Waals surface area contributed by atoms with Gasteiger partial charge in [0.15, 0.2) is 0 Å². The minimum atomic E-state index is -4.31. The van der Waals surface area contributed by atoms with Crippen molar-refractivity contribution in [2.45, 2.75) is 38.4 Å². The van der Waals surface area contributed by atoms with Crippen molar-refractivity contribution in [1.29, 1.82) is 0 Å². The van der Waals surface area contributed by atoms with Gasteiger partial charge in [-0.2, -0.15) is 13.2 Å². The number of anilines is 1. The number of nitrogens with one attached hydrogen (secondary N) is 1. The summed E-state index contributed by atoms with van der Waals surface area (Å²) >= 11 is 0. The number of hydrogen-bond donors (Lipinski definition) is 1. The highest BCUT2D eigenvalue weighted by molar-refractivity contribution is 5.79. The third kappa shape index (κ3) is 4.59. The molecule has 0 bridgehead atoms. The maximum absolute atomic E-state index is 13.0. The summed E-state index contributed by atoms with van der Waals surface area (Å²) in [5.74, 6) is -2.23. The second-order valence-corrected chi connectivity index (χ2v) is 6.18. The second-order valence-electron chi connectivity index (χ2n) is 6.18. The van der Waals surface area contributed by atoms with Crippen molar-refractivity contribution in [2.24, 2.45) is 11.8 Å². The lowest BCUT2D eigenvalue weighted by Crippen LogP contribution is -2.42. The number of aromatic nitrogens is 1. The zero-order chi connectivity index (χ0) is 17.0. The van der Waals surface area contributed by atoms with E-state index in [1.165, 1.54) is 0 Å². The van der Waals surface area contributed by atoms with Crippen molar-refractivity contribution >= 4 is 11.7 Å². The maximum Gasteiger partial charge on any atom is 0.392 e. The molecule has 2 atom stereocenters. The predicted molar refractivity (Wildman–Crippen MR) is 81.9 cm³/mol. The van der Waals surface area contributed by atoms with Gasteiger partial charge in [0.2, 0.25) is 5.91 Å². The van der Waals surface area contributed by atoms with Crippen molar-refractivity contribution in [3.8, 4) is 0 Å². The summed E-state index contributed by atoms with van der Waals surface area (Å²) in [6.45, 7) is 0.195. The van der Waals surface area contributed by atoms with Gasteiger partial charge < -0.3 is 10.2 Å². The third-order valence-corrected chi connectivity index (χ3v) is 4.26. The third-order valence-electron chi connectivity index (χ3n) is 4.26. The monoisotopic (exact) mass is 329 g/mol. The van der Waals surface area contributed by atoms with Crippen LogP contribution < -0.4 is 10.2 Å². The van der Waals surface area contributed by atoms with Crippen molar-refractivity contribution in [3.63, 3.8) is 0 Å². The molecule has 1 aliphatic carbocycles. The van der Waals surface area contributed by atoms with E-state index in [1.807, 2.05) is 25.1 Å². The number of carbonyl (C=O) groups excluding carboxylic acids is 1. The van der Waals surface area contributed by atoms with Crippen molar-refractivity contribution in [1.82, 2.24) is 10.3 Å². The molecule has 4 nitrogen and oxygen atoms in total. The number of rotatable bonds is 4. The molecule has 1 fully saturated rings. The predicted octanol–water partition coefficient (Wildman–Crippen LogP) is 3.13. The van der Waals surface area contributed by atoms with Gasteiger partial charge in [-0.05, 0) is 24.5 Å². The quantitative estimate of drug-likeness (QED) is 0.923. The first kappa shape index (κ1) is 17.6. The SMILES string of the molecule is CN(C)c1ccc(CNC(=O)[C@@H]2CCCC[C@@H]2C(F)(F)F)cn1. The summed E-state index contributed by atoms with van der Waals surface area (Å²) in [5, 5.41) is 2.63. The lowest BCUT2D eigenvalue weighted by molar-refractivity contribution is -0.198. The summed E-state index contributed by atoms with van der Waals surface area (Å²) < 4.78 is 39.1. The molecule has 0 radical (unpaired) electrons. The summed E-state index contributed by atoms with van der Waals surface area (Å²) in [5.41, 5.74) is 0.767. The van der Waals surface area contributed by atoms with E-state index in [1.54, 1.807) is 12.3 Å². The van der Waals surface area contributed by atoms with Crippen LogP contribution >= 0.6 is 0 Å². The maximum atomic E-state index is 13.0. The Kier molecular flexibility index (Phi) is 5.49. The van der Waals surface area contributed by atoms with E-state index in [-0.39, 0.29) is 13.0 Å². The van der Waals surface area contributed by atoms with Crippen LogP contribution in [-0.4, -0.2) is 31.2 Å². The molecule has 128 valence electrons. The van der Waals surface area contributed by atoms with Crippen LogP contribution in [0.2, 0.25) is 0 Å². The fraction of sp³-hybridized carbons (Fsp3) is 0.625. The van der Waals surface area contributed by atoms with Gasteiger partial charge in [-0.1, -0.05) is 18.9 Å². The molecule has 1 aromatic rings. The summed E-state index contributed by atoms with van der Waals surface area (Å²) in [6.07, 6.45) is -1.14. The minimum Gasteiger partial charge on any atom is -0.363 e. The number of alkyl halides is 3. The molecule has 7 heteroatoms. The van der Waals surface area contributed by atoms with Gasteiger partial charge in [-0.25, -0.2) is 4.98 Å². The normalized spacial score (nSPS) is 21.8. The van der Waals surface area contributed by atoms with Gasteiger partial charge in [0.25, 0.3) is 0 Å². The van der Waals surface area contributed by atoms with Crippen LogP contribution in [0.3, 0.4) is 0 Å². The zero-order valence-corrected chi connectivity index (χ0v) is 13.4. The molecule has 23 heavy (non-hydrogen) atoms. The molecule has 0 spiro atoms. The van der Waals surface area contributed by atoms with Crippen LogP contribution in [0.4, 0.5) is 19.0 Å². The number of halogens is 3. The molecule has 1 aliphatic rings. The van der Waals surface area contributed by atoms with E-state index in [0.717, 1.165) is 11.4 Å². The van der Waals surface area contributed by atoms with Gasteiger partial charge in [0.05, 0.1) is 5.92 Å². The highest BCUT2D eigenvalue weighted by Gasteiger charge is 2.47. The van der Waals surface area contributed by atoms with E-state index in [2.05, 4.69) is 10.3 Å². The first-order chi connectivity index (χ1) is 10.8. The average Bonchev–Trinajstić information content (AvgIpc) is 2.52. The number of amides is 1. The van der Waals surface area contributed by atoms with Gasteiger partial charge in [0.1, 0.15) is 5.82 Å². The highest BCUT2D eigenvalue weighted by atomic mass is 19.4. The molecule has 0 aliphatic heterocycles. The van der Waals surface area contributed by atoms with Gasteiger partial charge in [-0.15, -0.1) is 0 Å². The second kappa shape index (κ2) is 7.19. The van der Waals surface area contributed by atoms with E-state index in [4.69, 9.17) is 0 Å². The number of hydrogen-bond acceptors (Lipinski definition) is 3. The molecule has 1 amide bonds. The fourth-order valence-corrected chi connectivity index (χ4v) is 2.94. The highest BCUT2D eigenvalue weighted by Crippen LogP contribution is 2.41. The average molecular weight is 329 g/mol. The Hall–Kier alpha value is -1.79. The minimum absolute atomic E-state index is 0.0423. The Morgan fingerprint density at radius 2 is 2.00 bits per heavy atom. The molecule has 1 aromatic heterocycles. The lowest BCUT2D eigenvalue weighted by Gasteiger charge is -2.32. The lowest BCUT2D eigenvalue weighted by atomic mass is 9.78. The first-order valence-corrected chi connectivity index (χ1v) is 7.75. The molecule has 1 saturated carbocycles. The Labute approximate surface area is 134 Å². The van der Waals surface area contributed by atoms with E-state index >= 15 is 0 Å². The van der Waals surface area contributed by atoms with E-state index in [9.17, 15) is 18.0 Å². The fourth-order valence-electron chi connectivity index (χ4n) is 2.94. The molecule has 2 rings (SSSR count). The molecule has 0 saturated heterocycles. The largest absolute Gasteiger partial charge is 0.392 e. The number of pyridine rings is 1. The van der Waals surface area contributed by atoms with Crippen LogP contribution in [0.25, 0.3) is 0 Å². The summed E-state index contributed by atoms with van der Waals surface area (Å²) in [6, 6.07) is 3.62. The number of carbonyl (C=O) groups is 1. The Bertz CT molecular complexity index is 528. The molecular weight excluding hydrogens is 307 g/mol. The van der Waals surface area contributed by atoms with Crippen molar-refractivity contribution in [3.05, 3.63) is 23.9 Å². The van der Waals surface area contributed by atoms with Crippen molar-refractivity contribution < 1.29 is 18.0 Å². The van der Waals surface area contributed by atoms with Crippen molar-refractivity contribution in [2.75, 3.05) is 19.0 Å². The van der Waals surface area contributed by atoms with Gasteiger partial charge >= 0.3 is 6.18 Å². The van der Waals surface area contributed by atoms with Gasteiger partial charge in [-0.3, -0.25) is 4.79 Å². The Morgan fingerprint density at radius 3 is 2.57 bits per heavy atom. The summed E-state index contributed by atoms with van der Waals surface area (Å²) in [7, 11) is 3.73. The smallest absolute Gasteiger partial charge is 0.363 e. The van der Waals surface area contributed by atoms with Crippen LogP contribution in [0.15, 0.2) is 18.3 Å². The molecule has 1 heterocycles. The van der Waals surface area contributed by atoms with Crippen LogP contribution in [0, 0.1) is 11.8 Å². The van der Waals surface area contributed by atoms with Gasteiger partial charge in [0, 0.05) is 32.8 Å². The topological polar surface area (TPSA) is 45.2 Å². The molecule has 0 aromatic carbocycles. The van der Waals surface area contributed by atoms with Crippen LogP contribution in [0.5, 0.6) is 0 Å². The molecule has 0 unspecified atom stereocenters. The first-order valence-electron chi connectivity index (χ1n) is 7.75. The van der Waals surface area contributed by atoms with E-state index in [0.29, 0.717) is 19.3 Å². The Morgan fingerprint density at radius 1 is 1.30 bits per heavy atom. The molecular formula is C16H22F3N3O. The number of nitrogens with zero attached hydrogens (tertiary/aromatic N) is 2.